The number of benzene rings is 1. The van der Waals surface area contributed by atoms with E-state index in [9.17, 15) is 0 Å². The molecule has 0 aliphatic heterocycles. The fourth-order valence-corrected chi connectivity index (χ4v) is 1.40. The van der Waals surface area contributed by atoms with E-state index in [1.165, 1.54) is 0 Å². The first-order chi connectivity index (χ1) is 6.68. The van der Waals surface area contributed by atoms with E-state index in [4.69, 9.17) is 10.2 Å². The minimum Gasteiger partial charge on any atom is -0.459 e. The zero-order chi connectivity index (χ0) is 10.1. The smallest absolute Gasteiger partial charge is 0.134 e. The predicted octanol–water partition coefficient (Wildman–Crippen LogP) is 3.01. The lowest BCUT2D eigenvalue weighted by molar-refractivity contribution is 0.522. The normalized spacial score (nSPS) is 13.0. The molecular weight excluding hydrogens is 174 g/mol. The Morgan fingerprint density at radius 3 is 2.79 bits per heavy atom. The van der Waals surface area contributed by atoms with Crippen LogP contribution in [-0.2, 0) is 0 Å². The second-order valence-corrected chi connectivity index (χ2v) is 3.51. The van der Waals surface area contributed by atoms with Crippen LogP contribution in [0.4, 0.5) is 0 Å². The van der Waals surface area contributed by atoms with Gasteiger partial charge in [0.05, 0.1) is 6.04 Å². The van der Waals surface area contributed by atoms with Crippen molar-refractivity contribution in [2.45, 2.75) is 13.0 Å². The molecule has 0 spiro atoms. The molecule has 0 amide bonds. The Bertz CT molecular complexity index is 437. The Labute approximate surface area is 83.0 Å². The number of furan rings is 1. The first kappa shape index (κ1) is 9.03. The van der Waals surface area contributed by atoms with E-state index in [1.54, 1.807) is 0 Å². The fourth-order valence-electron chi connectivity index (χ4n) is 1.40. The molecule has 0 aliphatic rings. The Kier molecular flexibility index (Phi) is 2.14. The first-order valence-electron chi connectivity index (χ1n) is 4.58. The van der Waals surface area contributed by atoms with Gasteiger partial charge in [-0.25, -0.2) is 0 Å². The van der Waals surface area contributed by atoms with E-state index < -0.39 is 0 Å². The van der Waals surface area contributed by atoms with Gasteiger partial charge in [-0.2, -0.15) is 0 Å². The Balaban J connectivity index is 2.50. The molecular formula is C12H13NO. The fraction of sp³-hybridized carbons (Fsp3) is 0.167. The summed E-state index contributed by atoms with van der Waals surface area (Å²) in [6.45, 7) is 5.72. The lowest BCUT2D eigenvalue weighted by Gasteiger charge is -2.06. The van der Waals surface area contributed by atoms with Crippen molar-refractivity contribution in [3.8, 4) is 0 Å². The lowest BCUT2D eigenvalue weighted by Crippen LogP contribution is -2.09. The highest BCUT2D eigenvalue weighted by Crippen LogP contribution is 2.25. The van der Waals surface area contributed by atoms with Gasteiger partial charge in [0.1, 0.15) is 11.3 Å². The maximum absolute atomic E-state index is 5.91. The second kappa shape index (κ2) is 3.31. The average Bonchev–Trinajstić information content (AvgIpc) is 2.59. The van der Waals surface area contributed by atoms with E-state index in [1.807, 2.05) is 37.3 Å². The van der Waals surface area contributed by atoms with Gasteiger partial charge in [0.25, 0.3) is 0 Å². The molecule has 0 fully saturated rings. The summed E-state index contributed by atoms with van der Waals surface area (Å²) >= 11 is 0. The topological polar surface area (TPSA) is 39.2 Å². The van der Waals surface area contributed by atoms with E-state index >= 15 is 0 Å². The van der Waals surface area contributed by atoms with Gasteiger partial charge < -0.3 is 10.2 Å². The van der Waals surface area contributed by atoms with Crippen LogP contribution in [-0.4, -0.2) is 0 Å². The summed E-state index contributed by atoms with van der Waals surface area (Å²) in [6, 6.07) is 9.63. The quantitative estimate of drug-likeness (QED) is 0.734. The van der Waals surface area contributed by atoms with Crippen LogP contribution in [0.2, 0.25) is 0 Å². The minimum absolute atomic E-state index is 0.206. The van der Waals surface area contributed by atoms with Gasteiger partial charge in [0.2, 0.25) is 0 Å². The number of nitrogens with two attached hydrogens (primary N) is 1. The molecule has 1 atom stereocenters. The van der Waals surface area contributed by atoms with Crippen molar-refractivity contribution in [2.24, 2.45) is 5.73 Å². The minimum atomic E-state index is -0.206. The number of hydrogen-bond acceptors (Lipinski definition) is 2. The summed E-state index contributed by atoms with van der Waals surface area (Å²) in [5.74, 6) is 0.777. The van der Waals surface area contributed by atoms with Crippen LogP contribution in [0, 0.1) is 0 Å². The third-order valence-electron chi connectivity index (χ3n) is 2.28. The highest BCUT2D eigenvalue weighted by Gasteiger charge is 2.11. The Morgan fingerprint density at radius 2 is 2.14 bits per heavy atom. The summed E-state index contributed by atoms with van der Waals surface area (Å²) in [5, 5.41) is 1.08. The van der Waals surface area contributed by atoms with Crippen LogP contribution >= 0.6 is 0 Å². The van der Waals surface area contributed by atoms with Gasteiger partial charge in [-0.05, 0) is 19.1 Å². The molecule has 14 heavy (non-hydrogen) atoms. The molecule has 0 saturated carbocycles. The van der Waals surface area contributed by atoms with Crippen LogP contribution < -0.4 is 5.73 Å². The average molecular weight is 187 g/mol. The highest BCUT2D eigenvalue weighted by molar-refractivity contribution is 5.77. The second-order valence-electron chi connectivity index (χ2n) is 3.51. The van der Waals surface area contributed by atoms with Gasteiger partial charge in [-0.3, -0.25) is 0 Å². The third kappa shape index (κ3) is 1.44. The SMILES string of the molecule is C=C(C)C(N)c1cc2ccccc2o1. The zero-order valence-corrected chi connectivity index (χ0v) is 8.16. The number of hydrogen-bond donors (Lipinski definition) is 1. The molecule has 0 saturated heterocycles. The van der Waals surface area contributed by atoms with Crippen molar-refractivity contribution < 1.29 is 4.42 Å². The van der Waals surface area contributed by atoms with Crippen molar-refractivity contribution in [3.63, 3.8) is 0 Å². The molecule has 0 radical (unpaired) electrons. The molecule has 2 nitrogen and oxygen atoms in total. The zero-order valence-electron chi connectivity index (χ0n) is 8.16. The lowest BCUT2D eigenvalue weighted by atomic mass is 10.1. The molecule has 0 aliphatic carbocycles. The van der Waals surface area contributed by atoms with E-state index in [0.717, 1.165) is 22.3 Å². The molecule has 2 heteroatoms. The number of para-hydroxylation sites is 1. The van der Waals surface area contributed by atoms with Crippen LogP contribution in [0.15, 0.2) is 46.9 Å². The number of fused-ring (bicyclic) bond motifs is 1. The van der Waals surface area contributed by atoms with Gasteiger partial charge >= 0.3 is 0 Å². The standard InChI is InChI=1S/C12H13NO/c1-8(2)12(13)11-7-9-5-3-4-6-10(9)14-11/h3-7,12H,1,13H2,2H3. The van der Waals surface area contributed by atoms with Crippen molar-refractivity contribution >= 4 is 11.0 Å². The van der Waals surface area contributed by atoms with Crippen LogP contribution in [0.5, 0.6) is 0 Å². The summed E-state index contributed by atoms with van der Waals surface area (Å²) in [4.78, 5) is 0. The van der Waals surface area contributed by atoms with Gasteiger partial charge in [0, 0.05) is 5.39 Å². The molecule has 2 aromatic rings. The summed E-state index contributed by atoms with van der Waals surface area (Å²) in [5.41, 5.74) is 7.69. The van der Waals surface area contributed by atoms with Gasteiger partial charge in [0.15, 0.2) is 0 Å². The maximum atomic E-state index is 5.91. The molecule has 1 heterocycles. The van der Waals surface area contributed by atoms with Gasteiger partial charge in [-0.15, -0.1) is 0 Å². The third-order valence-corrected chi connectivity index (χ3v) is 2.28. The largest absolute Gasteiger partial charge is 0.459 e. The van der Waals surface area contributed by atoms with E-state index in [-0.39, 0.29) is 6.04 Å². The molecule has 72 valence electrons. The summed E-state index contributed by atoms with van der Waals surface area (Å²) in [7, 11) is 0. The molecule has 1 unspecified atom stereocenters. The first-order valence-corrected chi connectivity index (χ1v) is 4.58. The molecule has 0 bridgehead atoms. The van der Waals surface area contributed by atoms with Gasteiger partial charge in [-0.1, -0.05) is 30.4 Å². The van der Waals surface area contributed by atoms with Crippen LogP contribution in [0.3, 0.4) is 0 Å². The monoisotopic (exact) mass is 187 g/mol. The molecule has 2 N–H and O–H groups in total. The maximum Gasteiger partial charge on any atom is 0.134 e. The van der Waals surface area contributed by atoms with Crippen molar-refractivity contribution in [3.05, 3.63) is 48.2 Å². The summed E-state index contributed by atoms with van der Waals surface area (Å²) < 4.78 is 5.61. The Hall–Kier alpha value is -1.54. The van der Waals surface area contributed by atoms with Crippen LogP contribution in [0.25, 0.3) is 11.0 Å². The molecule has 2 rings (SSSR count). The molecule has 1 aromatic heterocycles. The van der Waals surface area contributed by atoms with Crippen LogP contribution in [0.1, 0.15) is 18.7 Å². The predicted molar refractivity (Wildman–Crippen MR) is 58.0 cm³/mol. The van der Waals surface area contributed by atoms with Crippen molar-refractivity contribution in [2.75, 3.05) is 0 Å². The van der Waals surface area contributed by atoms with E-state index in [0.29, 0.717) is 0 Å². The van der Waals surface area contributed by atoms with E-state index in [2.05, 4.69) is 6.58 Å². The van der Waals surface area contributed by atoms with Crippen molar-refractivity contribution in [1.29, 1.82) is 0 Å². The highest BCUT2D eigenvalue weighted by atomic mass is 16.3. The van der Waals surface area contributed by atoms with Crippen molar-refractivity contribution in [1.82, 2.24) is 0 Å². The number of rotatable bonds is 2. The molecule has 1 aromatic carbocycles. The Morgan fingerprint density at radius 1 is 1.43 bits per heavy atom. The summed E-state index contributed by atoms with van der Waals surface area (Å²) in [6.07, 6.45) is 0.